The summed E-state index contributed by atoms with van der Waals surface area (Å²) in [6.07, 6.45) is -2.43. The van der Waals surface area contributed by atoms with E-state index in [0.29, 0.717) is 18.5 Å². The van der Waals surface area contributed by atoms with Gasteiger partial charge in [0.1, 0.15) is 0 Å². The Kier molecular flexibility index (Phi) is 5.30. The minimum absolute atomic E-state index is 0.0103. The van der Waals surface area contributed by atoms with Gasteiger partial charge in [0.15, 0.2) is 0 Å². The van der Waals surface area contributed by atoms with Gasteiger partial charge in [-0.3, -0.25) is 4.90 Å². The van der Waals surface area contributed by atoms with Crippen LogP contribution in [-0.2, 0) is 0 Å². The molecule has 0 aliphatic carbocycles. The fourth-order valence-electron chi connectivity index (χ4n) is 3.31. The summed E-state index contributed by atoms with van der Waals surface area (Å²) in [5.74, 6) is 0.548. The Bertz CT molecular complexity index is 465. The molecule has 5 heteroatoms. The second kappa shape index (κ2) is 6.81. The molecule has 1 fully saturated rings. The second-order valence-electron chi connectivity index (χ2n) is 6.18. The summed E-state index contributed by atoms with van der Waals surface area (Å²) in [5, 5.41) is 0. The highest BCUT2D eigenvalue weighted by Gasteiger charge is 2.34. The number of rotatable bonds is 5. The summed E-state index contributed by atoms with van der Waals surface area (Å²) in [4.78, 5) is 4.55. The molecule has 3 atom stereocenters. The van der Waals surface area contributed by atoms with E-state index in [4.69, 9.17) is 5.73 Å². The van der Waals surface area contributed by atoms with E-state index >= 15 is 0 Å². The van der Waals surface area contributed by atoms with Crippen LogP contribution >= 0.6 is 0 Å². The molecule has 0 bridgehead atoms. The van der Waals surface area contributed by atoms with Crippen molar-refractivity contribution in [3.8, 4) is 0 Å². The maximum Gasteiger partial charge on any atom is 0.263 e. The molecule has 21 heavy (non-hydrogen) atoms. The molecule has 3 nitrogen and oxygen atoms in total. The van der Waals surface area contributed by atoms with Gasteiger partial charge in [-0.2, -0.15) is 0 Å². The van der Waals surface area contributed by atoms with Gasteiger partial charge in [0.2, 0.25) is 0 Å². The fourth-order valence-corrected chi connectivity index (χ4v) is 3.31. The van der Waals surface area contributed by atoms with Gasteiger partial charge in [-0.15, -0.1) is 0 Å². The average Bonchev–Trinajstić information content (AvgIpc) is 2.82. The van der Waals surface area contributed by atoms with Crippen LogP contribution in [0.1, 0.15) is 30.5 Å². The molecule has 0 amide bonds. The molecule has 2 rings (SSSR count). The first kappa shape index (κ1) is 16.3. The molecule has 1 aromatic rings. The molecule has 2 N–H and O–H groups in total. The minimum Gasteiger partial charge on any atom is -0.329 e. The SMILES string of the molecule is CC1CN(C(CN)c2cccc(C(F)F)c2)CC1N(C)C. The van der Waals surface area contributed by atoms with E-state index in [1.54, 1.807) is 12.1 Å². The first-order valence-corrected chi connectivity index (χ1v) is 7.42. The van der Waals surface area contributed by atoms with Crippen LogP contribution in [0.15, 0.2) is 24.3 Å². The van der Waals surface area contributed by atoms with E-state index in [2.05, 4.69) is 30.8 Å². The highest BCUT2D eigenvalue weighted by Crippen LogP contribution is 2.30. The normalized spacial score (nSPS) is 25.0. The Morgan fingerprint density at radius 2 is 1.95 bits per heavy atom. The predicted molar refractivity (Wildman–Crippen MR) is 81.4 cm³/mol. The predicted octanol–water partition coefficient (Wildman–Crippen LogP) is 2.51. The van der Waals surface area contributed by atoms with Crippen molar-refractivity contribution in [2.75, 3.05) is 33.7 Å². The quantitative estimate of drug-likeness (QED) is 0.906. The molecule has 0 saturated carbocycles. The second-order valence-corrected chi connectivity index (χ2v) is 6.18. The zero-order valence-electron chi connectivity index (χ0n) is 13.0. The monoisotopic (exact) mass is 297 g/mol. The zero-order chi connectivity index (χ0) is 15.6. The highest BCUT2D eigenvalue weighted by atomic mass is 19.3. The molecule has 1 heterocycles. The van der Waals surface area contributed by atoms with Gasteiger partial charge < -0.3 is 10.6 Å². The third-order valence-corrected chi connectivity index (χ3v) is 4.48. The van der Waals surface area contributed by atoms with Crippen molar-refractivity contribution >= 4 is 0 Å². The smallest absolute Gasteiger partial charge is 0.263 e. The largest absolute Gasteiger partial charge is 0.329 e. The Morgan fingerprint density at radius 3 is 2.48 bits per heavy atom. The number of hydrogen-bond acceptors (Lipinski definition) is 3. The lowest BCUT2D eigenvalue weighted by atomic mass is 10.0. The Morgan fingerprint density at radius 1 is 1.29 bits per heavy atom. The van der Waals surface area contributed by atoms with Gasteiger partial charge in [-0.05, 0) is 31.6 Å². The number of nitrogens with two attached hydrogens (primary N) is 1. The van der Waals surface area contributed by atoms with Crippen LogP contribution in [-0.4, -0.2) is 49.6 Å². The Balaban J connectivity index is 2.19. The molecule has 1 aliphatic rings. The molecular formula is C16H25F2N3. The maximum atomic E-state index is 12.9. The number of benzene rings is 1. The lowest BCUT2D eigenvalue weighted by Crippen LogP contribution is -2.36. The van der Waals surface area contributed by atoms with E-state index in [-0.39, 0.29) is 11.6 Å². The third-order valence-electron chi connectivity index (χ3n) is 4.48. The van der Waals surface area contributed by atoms with Crippen LogP contribution in [0.25, 0.3) is 0 Å². The standard InChI is InChI=1S/C16H25F2N3/c1-11-9-21(10-15(11)20(2)3)14(8-19)12-5-4-6-13(7-12)16(17)18/h4-7,11,14-16H,8-10,19H2,1-3H3. The molecular weight excluding hydrogens is 272 g/mol. The van der Waals surface area contributed by atoms with Gasteiger partial charge in [-0.25, -0.2) is 8.78 Å². The van der Waals surface area contributed by atoms with Gasteiger partial charge in [0.05, 0.1) is 0 Å². The van der Waals surface area contributed by atoms with E-state index < -0.39 is 6.43 Å². The van der Waals surface area contributed by atoms with Crippen LogP contribution in [0.2, 0.25) is 0 Å². The van der Waals surface area contributed by atoms with Crippen LogP contribution < -0.4 is 5.73 Å². The van der Waals surface area contributed by atoms with E-state index in [1.165, 1.54) is 6.07 Å². The van der Waals surface area contributed by atoms with Crippen molar-refractivity contribution in [2.45, 2.75) is 25.4 Å². The molecule has 1 aliphatic heterocycles. The van der Waals surface area contributed by atoms with E-state index in [0.717, 1.165) is 18.7 Å². The van der Waals surface area contributed by atoms with Gasteiger partial charge in [0.25, 0.3) is 6.43 Å². The molecule has 1 aromatic carbocycles. The highest BCUT2D eigenvalue weighted by molar-refractivity contribution is 5.27. The summed E-state index contributed by atoms with van der Waals surface area (Å²) in [6, 6.07) is 7.15. The number of nitrogens with zero attached hydrogens (tertiary/aromatic N) is 2. The summed E-state index contributed by atoms with van der Waals surface area (Å²) >= 11 is 0. The van der Waals surface area contributed by atoms with Crippen LogP contribution in [0.5, 0.6) is 0 Å². The lowest BCUT2D eigenvalue weighted by Gasteiger charge is -2.28. The van der Waals surface area contributed by atoms with Crippen molar-refractivity contribution in [2.24, 2.45) is 11.7 Å². The van der Waals surface area contributed by atoms with Crippen molar-refractivity contribution in [3.63, 3.8) is 0 Å². The number of likely N-dealkylation sites (tertiary alicyclic amines) is 1. The number of hydrogen-bond donors (Lipinski definition) is 1. The maximum absolute atomic E-state index is 12.9. The molecule has 1 saturated heterocycles. The zero-order valence-corrected chi connectivity index (χ0v) is 13.0. The van der Waals surface area contributed by atoms with Crippen LogP contribution in [0.4, 0.5) is 8.78 Å². The summed E-state index contributed by atoms with van der Waals surface area (Å²) in [5.41, 5.74) is 6.90. The van der Waals surface area contributed by atoms with Gasteiger partial charge in [-0.1, -0.05) is 25.1 Å². The van der Waals surface area contributed by atoms with Gasteiger partial charge in [0, 0.05) is 37.3 Å². The van der Waals surface area contributed by atoms with Crippen molar-refractivity contribution in [1.82, 2.24) is 9.80 Å². The summed E-state index contributed by atoms with van der Waals surface area (Å²) in [7, 11) is 4.17. The van der Waals surface area contributed by atoms with Crippen LogP contribution in [0, 0.1) is 5.92 Å². The Hall–Kier alpha value is -1.04. The van der Waals surface area contributed by atoms with E-state index in [1.807, 2.05) is 6.07 Å². The van der Waals surface area contributed by atoms with Crippen molar-refractivity contribution < 1.29 is 8.78 Å². The molecule has 3 unspecified atom stereocenters. The first-order chi connectivity index (χ1) is 9.93. The van der Waals surface area contributed by atoms with E-state index in [9.17, 15) is 8.78 Å². The third kappa shape index (κ3) is 3.59. The summed E-state index contributed by atoms with van der Waals surface area (Å²) < 4.78 is 25.7. The minimum atomic E-state index is -2.43. The molecule has 118 valence electrons. The van der Waals surface area contributed by atoms with Crippen molar-refractivity contribution in [3.05, 3.63) is 35.4 Å². The van der Waals surface area contributed by atoms with Crippen LogP contribution in [0.3, 0.4) is 0 Å². The van der Waals surface area contributed by atoms with Crippen molar-refractivity contribution in [1.29, 1.82) is 0 Å². The number of halogens is 2. The molecule has 0 aromatic heterocycles. The molecule has 0 spiro atoms. The first-order valence-electron chi connectivity index (χ1n) is 7.42. The topological polar surface area (TPSA) is 32.5 Å². The molecule has 0 radical (unpaired) electrons. The average molecular weight is 297 g/mol. The Labute approximate surface area is 125 Å². The fraction of sp³-hybridized carbons (Fsp3) is 0.625. The lowest BCUT2D eigenvalue weighted by molar-refractivity contribution is 0.151. The van der Waals surface area contributed by atoms with Gasteiger partial charge >= 0.3 is 0 Å². The number of likely N-dealkylation sites (N-methyl/N-ethyl adjacent to an activating group) is 1. The summed E-state index contributed by atoms with van der Waals surface area (Å²) in [6.45, 7) is 4.55. The number of alkyl halides is 2.